The predicted molar refractivity (Wildman–Crippen MR) is 206 cm³/mol. The Morgan fingerprint density at radius 1 is 0.867 bits per heavy atom. The van der Waals surface area contributed by atoms with Gasteiger partial charge in [-0.25, -0.2) is 23.3 Å². The number of allylic oxidation sites excluding steroid dienone is 2. The summed E-state index contributed by atoms with van der Waals surface area (Å²) in [5.74, 6) is -0.343. The predicted octanol–water partition coefficient (Wildman–Crippen LogP) is 0.729. The highest BCUT2D eigenvalue weighted by Gasteiger charge is 2.43. The number of rotatable bonds is 27. The second kappa shape index (κ2) is 26.5. The van der Waals surface area contributed by atoms with Gasteiger partial charge in [0.25, 0.3) is 5.56 Å². The van der Waals surface area contributed by atoms with Gasteiger partial charge in [-0.2, -0.15) is 8.62 Å². The van der Waals surface area contributed by atoms with Gasteiger partial charge < -0.3 is 63.7 Å². The van der Waals surface area contributed by atoms with Crippen LogP contribution in [0.1, 0.15) is 56.7 Å². The van der Waals surface area contributed by atoms with Crippen LogP contribution in [-0.2, 0) is 60.1 Å². The molecule has 25 nitrogen and oxygen atoms in total. The summed E-state index contributed by atoms with van der Waals surface area (Å²) in [5.41, 5.74) is -1.75. The third-order valence-corrected chi connectivity index (χ3v) is 11.9. The Balaban J connectivity index is 1.21. The van der Waals surface area contributed by atoms with E-state index < -0.39 is 65.9 Å². The lowest BCUT2D eigenvalue weighted by Gasteiger charge is -2.19. The van der Waals surface area contributed by atoms with E-state index in [1.165, 1.54) is 12.2 Å². The lowest BCUT2D eigenvalue weighted by atomic mass is 10.0. The van der Waals surface area contributed by atoms with Crippen LogP contribution in [0.15, 0.2) is 34.0 Å². The molecular weight excluding hydrogens is 869 g/mol. The minimum absolute atomic E-state index is 0.0110. The maximum atomic E-state index is 12.5. The lowest BCUT2D eigenvalue weighted by molar-refractivity contribution is -0.122. The molecule has 1 saturated heterocycles. The molecule has 3 rings (SSSR count). The SMILES string of the molecule is O=C(CCOCCOCCOCCOCCNC(=O)OC1CCC=CCCC1)NC/C=C/c1cn([C@H]2C[C@H](O)[C@@H](COP(=O)(O)OP(=O)(O)OP(=O)(O)O)O2)c(=O)[nH]c1=O. The molecule has 0 spiro atoms. The third-order valence-electron chi connectivity index (χ3n) is 8.14. The number of hydrogen-bond acceptors (Lipinski definition) is 17. The van der Waals surface area contributed by atoms with Crippen molar-refractivity contribution in [2.75, 3.05) is 72.6 Å². The van der Waals surface area contributed by atoms with Crippen molar-refractivity contribution in [1.82, 2.24) is 20.2 Å². The Morgan fingerprint density at radius 2 is 1.52 bits per heavy atom. The van der Waals surface area contributed by atoms with Gasteiger partial charge in [0.15, 0.2) is 0 Å². The highest BCUT2D eigenvalue weighted by atomic mass is 31.3. The topological polar surface area (TPSA) is 348 Å². The number of aliphatic hydroxyl groups excluding tert-OH is 1. The normalized spacial score (nSPS) is 21.8. The number of phosphoric acid groups is 3. The first-order valence-corrected chi connectivity index (χ1v) is 23.3. The molecule has 1 aromatic heterocycles. The zero-order chi connectivity index (χ0) is 44.0. The number of nitrogens with zero attached hydrogens (tertiary/aromatic N) is 1. The monoisotopic (exact) mass is 922 g/mol. The van der Waals surface area contributed by atoms with Crippen LogP contribution in [0, 0.1) is 0 Å². The van der Waals surface area contributed by atoms with Crippen molar-refractivity contribution in [2.24, 2.45) is 0 Å². The first-order chi connectivity index (χ1) is 28.4. The molecule has 60 heavy (non-hydrogen) atoms. The molecule has 28 heteroatoms. The van der Waals surface area contributed by atoms with Gasteiger partial charge in [0, 0.05) is 32.1 Å². The van der Waals surface area contributed by atoms with E-state index in [2.05, 4.69) is 40.9 Å². The van der Waals surface area contributed by atoms with E-state index in [0.29, 0.717) is 39.6 Å². The number of aromatic amines is 1. The summed E-state index contributed by atoms with van der Waals surface area (Å²) in [4.78, 5) is 87.2. The Bertz CT molecular complexity index is 1820. The van der Waals surface area contributed by atoms with E-state index in [1.807, 2.05) is 0 Å². The molecule has 1 fully saturated rings. The van der Waals surface area contributed by atoms with Crippen molar-refractivity contribution in [3.8, 4) is 0 Å². The van der Waals surface area contributed by atoms with Crippen LogP contribution in [0.25, 0.3) is 6.08 Å². The van der Waals surface area contributed by atoms with Crippen LogP contribution in [0.3, 0.4) is 0 Å². The molecule has 1 aliphatic heterocycles. The number of hydrogen-bond donors (Lipinski definition) is 8. The number of H-pyrrole nitrogens is 1. The van der Waals surface area contributed by atoms with E-state index in [4.69, 9.17) is 38.2 Å². The summed E-state index contributed by atoms with van der Waals surface area (Å²) >= 11 is 0. The zero-order valence-electron chi connectivity index (χ0n) is 32.5. The molecule has 1 aromatic rings. The first kappa shape index (κ1) is 51.4. The number of carbonyl (C=O) groups is 2. The largest absolute Gasteiger partial charge is 0.490 e. The van der Waals surface area contributed by atoms with Gasteiger partial charge in [-0.3, -0.25) is 23.7 Å². The second-order valence-electron chi connectivity index (χ2n) is 12.9. The Morgan fingerprint density at radius 3 is 2.20 bits per heavy atom. The number of amides is 2. The van der Waals surface area contributed by atoms with Crippen molar-refractivity contribution in [2.45, 2.75) is 69.5 Å². The fourth-order valence-corrected chi connectivity index (χ4v) is 8.41. The van der Waals surface area contributed by atoms with Crippen molar-refractivity contribution >= 4 is 41.5 Å². The number of alkyl carbamates (subject to hydrolysis) is 1. The van der Waals surface area contributed by atoms with E-state index in [0.717, 1.165) is 42.9 Å². The second-order valence-corrected chi connectivity index (χ2v) is 17.3. The number of ether oxygens (including phenoxy) is 6. The summed E-state index contributed by atoms with van der Waals surface area (Å²) in [6.45, 7) is 1.76. The van der Waals surface area contributed by atoms with E-state index in [1.54, 1.807) is 0 Å². The molecule has 1 aliphatic carbocycles. The Labute approximate surface area is 343 Å². The molecule has 2 heterocycles. The highest BCUT2D eigenvalue weighted by Crippen LogP contribution is 2.66. The van der Waals surface area contributed by atoms with Crippen molar-refractivity contribution in [3.05, 3.63) is 50.8 Å². The average molecular weight is 923 g/mol. The highest BCUT2D eigenvalue weighted by molar-refractivity contribution is 7.66. The van der Waals surface area contributed by atoms with Gasteiger partial charge in [-0.05, 0) is 32.1 Å². The van der Waals surface area contributed by atoms with Crippen LogP contribution in [0.5, 0.6) is 0 Å². The van der Waals surface area contributed by atoms with Crippen LogP contribution < -0.4 is 21.9 Å². The molecule has 0 radical (unpaired) electrons. The van der Waals surface area contributed by atoms with Gasteiger partial charge in [-0.1, -0.05) is 24.3 Å². The molecule has 8 N–H and O–H groups in total. The standard InChI is InChI=1S/C32H53N4O21P3/c37-26-21-29(55-27(26)23-53-59(45,46)57-60(47,48)56-58(42,43)44)36-22-24(30(39)35-31(36)40)7-6-11-33-28(38)10-13-49-15-17-51-19-20-52-18-16-50-14-12-34-32(41)54-25-8-4-2-1-3-5-9-25/h1-2,6-7,22,25-27,29,37H,3-5,8-21,23H2,(H,33,38)(H,34,41)(H,45,46)(H,47,48)(H,35,39,40)(H2,42,43,44)/b2-1?,7-6+/t25?,26-,27+,29+/m0/s1. The van der Waals surface area contributed by atoms with Crippen molar-refractivity contribution in [1.29, 1.82) is 0 Å². The summed E-state index contributed by atoms with van der Waals surface area (Å²) in [7, 11) is -16.9. The molecule has 2 amide bonds. The number of carbonyl (C=O) groups excluding carboxylic acids is 2. The minimum atomic E-state index is -5.77. The van der Waals surface area contributed by atoms with Gasteiger partial charge in [-0.15, -0.1) is 0 Å². The molecule has 6 atom stereocenters. The number of aromatic nitrogens is 2. The van der Waals surface area contributed by atoms with Crippen molar-refractivity contribution in [3.63, 3.8) is 0 Å². The number of nitrogens with one attached hydrogen (secondary N) is 3. The van der Waals surface area contributed by atoms with Gasteiger partial charge >= 0.3 is 35.3 Å². The zero-order valence-corrected chi connectivity index (χ0v) is 35.2. The molecule has 0 aromatic carbocycles. The summed E-state index contributed by atoms with van der Waals surface area (Å²) in [6.07, 6.45) is 7.93. The maximum absolute atomic E-state index is 12.5. The first-order valence-electron chi connectivity index (χ1n) is 18.7. The average Bonchev–Trinajstić information content (AvgIpc) is 3.50. The van der Waals surface area contributed by atoms with Crippen LogP contribution in [-0.4, -0.2) is 137 Å². The summed E-state index contributed by atoms with van der Waals surface area (Å²) < 4.78 is 79.6. The van der Waals surface area contributed by atoms with Crippen LogP contribution in [0.2, 0.25) is 0 Å². The molecule has 3 unspecified atom stereocenters. The maximum Gasteiger partial charge on any atom is 0.490 e. The fraction of sp³-hybridized carbons (Fsp3) is 0.688. The quantitative estimate of drug-likeness (QED) is 0.0342. The Hall–Kier alpha value is -2.93. The van der Waals surface area contributed by atoms with Gasteiger partial charge in [0.2, 0.25) is 5.91 Å². The lowest BCUT2D eigenvalue weighted by Crippen LogP contribution is -2.33. The third kappa shape index (κ3) is 21.7. The van der Waals surface area contributed by atoms with Crippen LogP contribution >= 0.6 is 23.5 Å². The van der Waals surface area contributed by atoms with E-state index >= 15 is 0 Å². The van der Waals surface area contributed by atoms with Crippen LogP contribution in [0.4, 0.5) is 4.79 Å². The molecule has 0 bridgehead atoms. The minimum Gasteiger partial charge on any atom is -0.446 e. The molecule has 342 valence electrons. The summed E-state index contributed by atoms with van der Waals surface area (Å²) in [6, 6.07) is 0. The van der Waals surface area contributed by atoms with Gasteiger partial charge in [0.1, 0.15) is 18.4 Å². The van der Waals surface area contributed by atoms with E-state index in [-0.39, 0.29) is 56.8 Å². The Kier molecular flexibility index (Phi) is 22.7. The smallest absolute Gasteiger partial charge is 0.446 e. The number of phosphoric ester groups is 1. The molecular formula is C32H53N4O21P3. The number of aliphatic hydroxyl groups is 1. The molecule has 2 aliphatic rings. The van der Waals surface area contributed by atoms with Crippen molar-refractivity contribution < 1.29 is 89.5 Å². The fourth-order valence-electron chi connectivity index (χ4n) is 5.38. The molecule has 0 saturated carbocycles. The van der Waals surface area contributed by atoms with Gasteiger partial charge in [0.05, 0.1) is 71.1 Å². The van der Waals surface area contributed by atoms with E-state index in [9.17, 15) is 47.8 Å². The summed E-state index contributed by atoms with van der Waals surface area (Å²) in [5, 5.41) is 15.6.